The average Bonchev–Trinajstić information content (AvgIpc) is 2.71. The first-order valence-corrected chi connectivity index (χ1v) is 11.1. The van der Waals surface area contributed by atoms with Crippen LogP contribution >= 0.6 is 0 Å². The van der Waals surface area contributed by atoms with Crippen LogP contribution in [-0.2, 0) is 15.7 Å². The molecule has 0 radical (unpaired) electrons. The van der Waals surface area contributed by atoms with Crippen molar-refractivity contribution in [1.82, 2.24) is 9.88 Å². The summed E-state index contributed by atoms with van der Waals surface area (Å²) in [6.45, 7) is 7.55. The summed E-state index contributed by atoms with van der Waals surface area (Å²) >= 11 is 0. The number of hydrogen-bond donors (Lipinski definition) is 0. The van der Waals surface area contributed by atoms with Gasteiger partial charge in [-0.1, -0.05) is 0 Å². The number of halogens is 3. The van der Waals surface area contributed by atoms with Crippen molar-refractivity contribution >= 4 is 6.09 Å². The van der Waals surface area contributed by atoms with Gasteiger partial charge in [-0.05, 0) is 82.8 Å². The van der Waals surface area contributed by atoms with Crippen molar-refractivity contribution in [3.63, 3.8) is 0 Å². The molecular formula is C23H33F3N2O3. The van der Waals surface area contributed by atoms with E-state index in [1.165, 1.54) is 12.3 Å². The van der Waals surface area contributed by atoms with Gasteiger partial charge in [-0.3, -0.25) is 4.98 Å². The van der Waals surface area contributed by atoms with Gasteiger partial charge >= 0.3 is 12.3 Å². The Hall–Kier alpha value is -1.83. The van der Waals surface area contributed by atoms with Gasteiger partial charge < -0.3 is 14.4 Å². The van der Waals surface area contributed by atoms with Crippen molar-refractivity contribution in [2.45, 2.75) is 83.1 Å². The summed E-state index contributed by atoms with van der Waals surface area (Å²) < 4.78 is 51.3. The summed E-state index contributed by atoms with van der Waals surface area (Å²) in [6.07, 6.45) is 2.49. The maximum atomic E-state index is 13.3. The summed E-state index contributed by atoms with van der Waals surface area (Å²) in [7, 11) is 0. The summed E-state index contributed by atoms with van der Waals surface area (Å²) in [4.78, 5) is 17.6. The summed E-state index contributed by atoms with van der Waals surface area (Å²) in [6, 6.07) is 1.51. The van der Waals surface area contributed by atoms with Crippen LogP contribution in [0, 0.1) is 5.92 Å². The molecule has 0 spiro atoms. The molecule has 1 aromatic heterocycles. The molecule has 2 aliphatic rings. The fourth-order valence-electron chi connectivity index (χ4n) is 4.42. The highest BCUT2D eigenvalue weighted by atomic mass is 19.4. The molecule has 2 fully saturated rings. The van der Waals surface area contributed by atoms with Crippen LogP contribution in [0.1, 0.15) is 76.3 Å². The minimum atomic E-state index is -4.37. The third kappa shape index (κ3) is 6.82. The van der Waals surface area contributed by atoms with Gasteiger partial charge in [0.05, 0.1) is 11.7 Å². The Kier molecular flexibility index (Phi) is 7.50. The highest BCUT2D eigenvalue weighted by Gasteiger charge is 2.36. The lowest BCUT2D eigenvalue weighted by Gasteiger charge is -2.35. The van der Waals surface area contributed by atoms with Crippen molar-refractivity contribution < 1.29 is 27.4 Å². The topological polar surface area (TPSA) is 51.7 Å². The molecule has 1 amide bonds. The van der Waals surface area contributed by atoms with E-state index >= 15 is 0 Å². The second-order valence-corrected chi connectivity index (χ2v) is 9.68. The zero-order valence-electron chi connectivity index (χ0n) is 18.6. The minimum Gasteiger partial charge on any atom is -0.444 e. The number of pyridine rings is 1. The first kappa shape index (κ1) is 23.8. The third-order valence-corrected chi connectivity index (χ3v) is 6.11. The van der Waals surface area contributed by atoms with Crippen LogP contribution in [-0.4, -0.2) is 47.4 Å². The van der Waals surface area contributed by atoms with Crippen LogP contribution in [0.25, 0.3) is 0 Å². The number of hydrogen-bond acceptors (Lipinski definition) is 4. The highest BCUT2D eigenvalue weighted by Crippen LogP contribution is 2.40. The van der Waals surface area contributed by atoms with Gasteiger partial charge in [0.15, 0.2) is 0 Å². The quantitative estimate of drug-likeness (QED) is 0.592. The van der Waals surface area contributed by atoms with Gasteiger partial charge in [0.1, 0.15) is 5.60 Å². The first-order chi connectivity index (χ1) is 14.5. The van der Waals surface area contributed by atoms with E-state index in [-0.39, 0.29) is 18.1 Å². The lowest BCUT2D eigenvalue weighted by Crippen LogP contribution is -2.42. The van der Waals surface area contributed by atoms with E-state index in [1.807, 2.05) is 20.8 Å². The Bertz CT molecular complexity index is 732. The van der Waals surface area contributed by atoms with E-state index in [1.54, 1.807) is 4.90 Å². The second-order valence-electron chi connectivity index (χ2n) is 9.68. The number of likely N-dealkylation sites (tertiary alicyclic amines) is 1. The Balaban J connectivity index is 1.41. The molecule has 2 heterocycles. The Morgan fingerprint density at radius 2 is 1.74 bits per heavy atom. The largest absolute Gasteiger partial charge is 0.444 e. The van der Waals surface area contributed by atoms with Crippen LogP contribution in [0.4, 0.5) is 18.0 Å². The van der Waals surface area contributed by atoms with Crippen molar-refractivity contribution in [3.8, 4) is 0 Å². The fourth-order valence-corrected chi connectivity index (χ4v) is 4.42. The molecule has 0 N–H and O–H groups in total. The van der Waals surface area contributed by atoms with E-state index < -0.39 is 17.3 Å². The van der Waals surface area contributed by atoms with Crippen molar-refractivity contribution in [2.75, 3.05) is 19.7 Å². The van der Waals surface area contributed by atoms with Crippen LogP contribution in [0.15, 0.2) is 18.5 Å². The summed E-state index contributed by atoms with van der Waals surface area (Å²) in [5, 5.41) is 0. The number of carbonyl (C=O) groups is 1. The average molecular weight is 443 g/mol. The van der Waals surface area contributed by atoms with Crippen LogP contribution < -0.4 is 0 Å². The number of amides is 1. The van der Waals surface area contributed by atoms with Gasteiger partial charge in [-0.25, -0.2) is 4.79 Å². The lowest BCUT2D eigenvalue weighted by atomic mass is 9.81. The predicted molar refractivity (Wildman–Crippen MR) is 111 cm³/mol. The van der Waals surface area contributed by atoms with Gasteiger partial charge in [0.25, 0.3) is 0 Å². The molecule has 8 heteroatoms. The first-order valence-electron chi connectivity index (χ1n) is 11.1. The highest BCUT2D eigenvalue weighted by molar-refractivity contribution is 5.68. The molecule has 0 aromatic carbocycles. The predicted octanol–water partition coefficient (Wildman–Crippen LogP) is 5.79. The van der Waals surface area contributed by atoms with Crippen molar-refractivity contribution in [2.24, 2.45) is 5.92 Å². The molecule has 5 nitrogen and oxygen atoms in total. The number of carbonyl (C=O) groups excluding carboxylic acids is 1. The molecule has 0 unspecified atom stereocenters. The fraction of sp³-hybridized carbons (Fsp3) is 0.739. The number of ether oxygens (including phenoxy) is 2. The molecule has 0 bridgehead atoms. The van der Waals surface area contributed by atoms with E-state index in [2.05, 4.69) is 4.98 Å². The molecular weight excluding hydrogens is 409 g/mol. The molecule has 1 saturated carbocycles. The number of nitrogens with zero attached hydrogens (tertiary/aromatic N) is 2. The standard InChI is InChI=1S/C23H33F3N2O3/c1-22(2,3)31-21(29)28-12-9-16(10-13-28)15-30-18-6-4-17(5-7-18)19-8-11-27-14-20(19)23(24,25)26/h8,11,14,16-18H,4-7,9-10,12-13,15H2,1-3H3/t17-,18+. The second kappa shape index (κ2) is 9.76. The third-order valence-electron chi connectivity index (χ3n) is 6.11. The maximum absolute atomic E-state index is 13.3. The smallest absolute Gasteiger partial charge is 0.418 e. The van der Waals surface area contributed by atoms with E-state index in [9.17, 15) is 18.0 Å². The number of alkyl halides is 3. The van der Waals surface area contributed by atoms with E-state index in [4.69, 9.17) is 9.47 Å². The van der Waals surface area contributed by atoms with Crippen LogP contribution in [0.2, 0.25) is 0 Å². The van der Waals surface area contributed by atoms with Crippen molar-refractivity contribution in [1.29, 1.82) is 0 Å². The molecule has 0 atom stereocenters. The van der Waals surface area contributed by atoms with Gasteiger partial charge in [0, 0.05) is 32.1 Å². The van der Waals surface area contributed by atoms with Crippen LogP contribution in [0.5, 0.6) is 0 Å². The minimum absolute atomic E-state index is 0.0938. The Morgan fingerprint density at radius 1 is 1.10 bits per heavy atom. The van der Waals surface area contributed by atoms with Crippen molar-refractivity contribution in [3.05, 3.63) is 29.6 Å². The lowest BCUT2D eigenvalue weighted by molar-refractivity contribution is -0.138. The van der Waals surface area contributed by atoms with Gasteiger partial charge in [-0.15, -0.1) is 0 Å². The number of aromatic nitrogens is 1. The zero-order chi connectivity index (χ0) is 22.6. The zero-order valence-corrected chi connectivity index (χ0v) is 18.6. The number of rotatable bonds is 4. The normalized spacial score (nSPS) is 23.6. The van der Waals surface area contributed by atoms with Crippen LogP contribution in [0.3, 0.4) is 0 Å². The molecule has 3 rings (SSSR count). The Morgan fingerprint density at radius 3 is 2.32 bits per heavy atom. The SMILES string of the molecule is CC(C)(C)OC(=O)N1CCC(CO[C@H]2CC[C@@H](c3ccncc3C(F)(F)F)CC2)CC1. The molecule has 1 aliphatic carbocycles. The molecule has 1 saturated heterocycles. The molecule has 1 aliphatic heterocycles. The van der Waals surface area contributed by atoms with E-state index in [0.29, 0.717) is 44.0 Å². The maximum Gasteiger partial charge on any atom is 0.418 e. The van der Waals surface area contributed by atoms with E-state index in [0.717, 1.165) is 31.9 Å². The van der Waals surface area contributed by atoms with Gasteiger partial charge in [0.2, 0.25) is 0 Å². The van der Waals surface area contributed by atoms with Gasteiger partial charge in [-0.2, -0.15) is 13.2 Å². The monoisotopic (exact) mass is 442 g/mol. The summed E-state index contributed by atoms with van der Waals surface area (Å²) in [5.74, 6) is 0.296. The molecule has 1 aromatic rings. The number of piperidine rings is 1. The molecule has 174 valence electrons. The Labute approximate surface area is 182 Å². The summed E-state index contributed by atoms with van der Waals surface area (Å²) in [5.41, 5.74) is -0.751. The molecule has 31 heavy (non-hydrogen) atoms.